The van der Waals surface area contributed by atoms with Crippen LogP contribution >= 0.6 is 0 Å². The van der Waals surface area contributed by atoms with E-state index in [0.717, 1.165) is 5.56 Å². The fourth-order valence-electron chi connectivity index (χ4n) is 4.06. The molecule has 164 valence electrons. The number of fused-ring (bicyclic) bond motifs is 1. The lowest BCUT2D eigenvalue weighted by Gasteiger charge is -2.33. The number of hydrogen-bond acceptors (Lipinski definition) is 6. The molecule has 0 bridgehead atoms. The highest BCUT2D eigenvalue weighted by Crippen LogP contribution is 2.31. The molecule has 8 nitrogen and oxygen atoms in total. The summed E-state index contributed by atoms with van der Waals surface area (Å²) in [5.41, 5.74) is 1.81. The molecule has 0 aliphatic carbocycles. The van der Waals surface area contributed by atoms with Gasteiger partial charge in [-0.05, 0) is 19.1 Å². The van der Waals surface area contributed by atoms with Gasteiger partial charge in [0.2, 0.25) is 0 Å². The summed E-state index contributed by atoms with van der Waals surface area (Å²) in [6, 6.07) is 8.16. The standard InChI is InChI=1S/C23H23FN6O2/c1-14-26-18-10-20(30-8-9-32-19(13-30)15-11-25-28(2)12-15)27-22(21(18)23(31)29(14)3)16-6-4-5-7-17(16)24/h4-7,10-12,19H,8-9,13H2,1-3H3/t19-/m0/s1. The highest BCUT2D eigenvalue weighted by Gasteiger charge is 2.26. The summed E-state index contributed by atoms with van der Waals surface area (Å²) in [5, 5.41) is 4.54. The molecule has 4 aromatic rings. The molecule has 0 saturated carbocycles. The third-order valence-electron chi connectivity index (χ3n) is 5.89. The monoisotopic (exact) mass is 434 g/mol. The number of hydrogen-bond donors (Lipinski definition) is 0. The van der Waals surface area contributed by atoms with Gasteiger partial charge in [0.15, 0.2) is 0 Å². The Kier molecular flexibility index (Phi) is 4.97. The van der Waals surface area contributed by atoms with Gasteiger partial charge in [-0.1, -0.05) is 12.1 Å². The molecule has 1 aromatic carbocycles. The van der Waals surface area contributed by atoms with Crippen LogP contribution in [0.1, 0.15) is 17.5 Å². The second-order valence-corrected chi connectivity index (χ2v) is 7.98. The summed E-state index contributed by atoms with van der Waals surface area (Å²) in [7, 11) is 3.52. The normalized spacial score (nSPS) is 16.6. The highest BCUT2D eigenvalue weighted by atomic mass is 19.1. The van der Waals surface area contributed by atoms with Gasteiger partial charge in [-0.25, -0.2) is 14.4 Å². The van der Waals surface area contributed by atoms with Crippen LogP contribution < -0.4 is 10.5 Å². The van der Waals surface area contributed by atoms with E-state index >= 15 is 0 Å². The van der Waals surface area contributed by atoms with Crippen molar-refractivity contribution >= 4 is 16.7 Å². The van der Waals surface area contributed by atoms with E-state index in [9.17, 15) is 9.18 Å². The first-order valence-electron chi connectivity index (χ1n) is 10.4. The minimum Gasteiger partial charge on any atom is -0.370 e. The lowest BCUT2D eigenvalue weighted by Crippen LogP contribution is -2.39. The molecular weight excluding hydrogens is 411 g/mol. The van der Waals surface area contributed by atoms with E-state index in [4.69, 9.17) is 9.72 Å². The van der Waals surface area contributed by atoms with E-state index in [-0.39, 0.29) is 17.2 Å². The van der Waals surface area contributed by atoms with Gasteiger partial charge in [0.05, 0.1) is 29.4 Å². The van der Waals surface area contributed by atoms with Gasteiger partial charge in [0.25, 0.3) is 5.56 Å². The van der Waals surface area contributed by atoms with Crippen LogP contribution in [-0.2, 0) is 18.8 Å². The third-order valence-corrected chi connectivity index (χ3v) is 5.89. The van der Waals surface area contributed by atoms with E-state index < -0.39 is 5.82 Å². The van der Waals surface area contributed by atoms with Gasteiger partial charge in [-0.2, -0.15) is 5.10 Å². The Morgan fingerprint density at radius 3 is 2.75 bits per heavy atom. The van der Waals surface area contributed by atoms with Gasteiger partial charge in [-0.3, -0.25) is 14.0 Å². The lowest BCUT2D eigenvalue weighted by molar-refractivity contribution is 0.0395. The zero-order valence-corrected chi connectivity index (χ0v) is 18.1. The molecule has 1 aliphatic heterocycles. The van der Waals surface area contributed by atoms with Gasteiger partial charge in [-0.15, -0.1) is 0 Å². The van der Waals surface area contributed by atoms with Crippen LogP contribution in [0, 0.1) is 12.7 Å². The minimum absolute atomic E-state index is 0.162. The first-order valence-corrected chi connectivity index (χ1v) is 10.4. The van der Waals surface area contributed by atoms with Crippen molar-refractivity contribution in [3.8, 4) is 11.3 Å². The molecule has 0 unspecified atom stereocenters. The van der Waals surface area contributed by atoms with Crippen molar-refractivity contribution in [3.05, 3.63) is 70.3 Å². The van der Waals surface area contributed by atoms with E-state index in [1.807, 2.05) is 13.2 Å². The Bertz CT molecular complexity index is 1380. The fourth-order valence-corrected chi connectivity index (χ4v) is 4.06. The zero-order valence-electron chi connectivity index (χ0n) is 18.1. The average Bonchev–Trinajstić information content (AvgIpc) is 3.23. The van der Waals surface area contributed by atoms with E-state index in [2.05, 4.69) is 15.0 Å². The van der Waals surface area contributed by atoms with Crippen molar-refractivity contribution in [1.29, 1.82) is 0 Å². The molecule has 3 aromatic heterocycles. The van der Waals surface area contributed by atoms with E-state index in [1.165, 1.54) is 10.6 Å². The Morgan fingerprint density at radius 2 is 2.00 bits per heavy atom. The van der Waals surface area contributed by atoms with Crippen LogP contribution in [0.4, 0.5) is 10.2 Å². The summed E-state index contributed by atoms with van der Waals surface area (Å²) in [6.07, 6.45) is 3.56. The Balaban J connectivity index is 1.67. The average molecular weight is 434 g/mol. The molecule has 4 heterocycles. The molecule has 5 rings (SSSR count). The topological polar surface area (TPSA) is 78.1 Å². The predicted octanol–water partition coefficient (Wildman–Crippen LogP) is 2.75. The summed E-state index contributed by atoms with van der Waals surface area (Å²) in [6.45, 7) is 3.47. The van der Waals surface area contributed by atoms with Crippen molar-refractivity contribution in [1.82, 2.24) is 24.3 Å². The number of rotatable bonds is 3. The van der Waals surface area contributed by atoms with Gasteiger partial charge >= 0.3 is 0 Å². The number of aryl methyl sites for hydroxylation is 2. The second-order valence-electron chi connectivity index (χ2n) is 7.98. The lowest BCUT2D eigenvalue weighted by atomic mass is 10.1. The van der Waals surface area contributed by atoms with Crippen LogP contribution in [0.2, 0.25) is 0 Å². The second kappa shape index (κ2) is 7.83. The predicted molar refractivity (Wildman–Crippen MR) is 119 cm³/mol. The number of halogens is 1. The van der Waals surface area contributed by atoms with Crippen molar-refractivity contribution in [2.75, 3.05) is 24.6 Å². The highest BCUT2D eigenvalue weighted by molar-refractivity contribution is 5.93. The van der Waals surface area contributed by atoms with Crippen LogP contribution in [0.5, 0.6) is 0 Å². The number of anilines is 1. The summed E-state index contributed by atoms with van der Waals surface area (Å²) < 4.78 is 23.9. The summed E-state index contributed by atoms with van der Waals surface area (Å²) in [4.78, 5) is 24.6. The van der Waals surface area contributed by atoms with Crippen molar-refractivity contribution in [3.63, 3.8) is 0 Å². The zero-order chi connectivity index (χ0) is 22.4. The molecule has 0 N–H and O–H groups in total. The Hall–Kier alpha value is -3.59. The van der Waals surface area contributed by atoms with Crippen molar-refractivity contribution in [2.45, 2.75) is 13.0 Å². The first kappa shape index (κ1) is 20.3. The quantitative estimate of drug-likeness (QED) is 0.494. The van der Waals surface area contributed by atoms with Gasteiger partial charge < -0.3 is 9.64 Å². The van der Waals surface area contributed by atoms with Gasteiger partial charge in [0.1, 0.15) is 23.6 Å². The number of ether oxygens (including phenoxy) is 1. The fraction of sp³-hybridized carbons (Fsp3) is 0.304. The maximum atomic E-state index is 14.8. The molecule has 32 heavy (non-hydrogen) atoms. The van der Waals surface area contributed by atoms with Crippen LogP contribution in [0.3, 0.4) is 0 Å². The molecule has 0 radical (unpaired) electrons. The third kappa shape index (κ3) is 3.44. The molecule has 0 spiro atoms. The number of nitrogens with zero attached hydrogens (tertiary/aromatic N) is 6. The minimum atomic E-state index is -0.434. The molecule has 1 fully saturated rings. The maximum absolute atomic E-state index is 14.8. The largest absolute Gasteiger partial charge is 0.370 e. The number of pyridine rings is 1. The molecule has 1 atom stereocenters. The molecule has 0 amide bonds. The van der Waals surface area contributed by atoms with Crippen LogP contribution in [0.15, 0.2) is 47.5 Å². The van der Waals surface area contributed by atoms with Crippen LogP contribution in [0.25, 0.3) is 22.2 Å². The van der Waals surface area contributed by atoms with E-state index in [0.29, 0.717) is 47.9 Å². The number of benzene rings is 1. The Morgan fingerprint density at radius 1 is 1.19 bits per heavy atom. The first-order chi connectivity index (χ1) is 15.4. The Labute approximate surface area is 183 Å². The van der Waals surface area contributed by atoms with Gasteiger partial charge in [0, 0.05) is 50.6 Å². The van der Waals surface area contributed by atoms with Crippen molar-refractivity contribution in [2.24, 2.45) is 14.1 Å². The molecule has 1 saturated heterocycles. The molecule has 1 aliphatic rings. The molecular formula is C23H23FN6O2. The maximum Gasteiger partial charge on any atom is 0.263 e. The van der Waals surface area contributed by atoms with Crippen LogP contribution in [-0.4, -0.2) is 44.0 Å². The smallest absolute Gasteiger partial charge is 0.263 e. The molecule has 9 heteroatoms. The summed E-state index contributed by atoms with van der Waals surface area (Å²) >= 11 is 0. The number of aromatic nitrogens is 5. The van der Waals surface area contributed by atoms with Crippen molar-refractivity contribution < 1.29 is 9.13 Å². The SMILES string of the molecule is Cc1nc2cc(N3CCO[C@H](c4cnn(C)c4)C3)nc(-c3ccccc3F)c2c(=O)n1C. The van der Waals surface area contributed by atoms with E-state index in [1.54, 1.807) is 49.1 Å². The summed E-state index contributed by atoms with van der Waals surface area (Å²) in [5.74, 6) is 0.777. The number of morpholine rings is 1.